The maximum absolute atomic E-state index is 13.3. The van der Waals surface area contributed by atoms with Gasteiger partial charge in [-0.15, -0.1) is 23.2 Å². The van der Waals surface area contributed by atoms with Gasteiger partial charge in [-0.2, -0.15) is 20.5 Å². The molecule has 5 aromatic rings. The quantitative estimate of drug-likeness (QED) is 0.0431. The van der Waals surface area contributed by atoms with E-state index in [4.69, 9.17) is 69.6 Å². The lowest BCUT2D eigenvalue weighted by Crippen LogP contribution is -2.32. The molecular weight excluding hydrogens is 925 g/mol. The first-order valence-corrected chi connectivity index (χ1v) is 20.6. The largest absolute Gasteiger partial charge is 0.322 e. The molecule has 62 heavy (non-hydrogen) atoms. The van der Waals surface area contributed by atoms with E-state index in [2.05, 4.69) is 41.7 Å². The summed E-state index contributed by atoms with van der Waals surface area (Å²) in [5, 5.41) is 26.0. The molecule has 0 aliphatic rings. The zero-order chi connectivity index (χ0) is 45.1. The summed E-state index contributed by atoms with van der Waals surface area (Å²) in [6.07, 6.45) is 0. The van der Waals surface area contributed by atoms with Gasteiger partial charge in [-0.25, -0.2) is 0 Å². The van der Waals surface area contributed by atoms with Gasteiger partial charge in [-0.05, 0) is 85.6 Å². The fraction of sp³-hybridized carbons (Fsp3) is 0.143. The molecule has 20 heteroatoms. The molecule has 0 aliphatic carbocycles. The number of nitrogens with one attached hydrogen (secondary N) is 4. The zero-order valence-corrected chi connectivity index (χ0v) is 36.8. The van der Waals surface area contributed by atoms with E-state index >= 15 is 0 Å². The Labute approximate surface area is 384 Å². The smallest absolute Gasteiger partial charge is 0.258 e. The van der Waals surface area contributed by atoms with E-state index in [1.165, 1.54) is 48.5 Å². The predicted octanol–water partition coefficient (Wildman–Crippen LogP) is 11.6. The fourth-order valence-corrected chi connectivity index (χ4v) is 6.72. The second-order valence-corrected chi connectivity index (χ2v) is 15.1. The monoisotopic (exact) mass is 954 g/mol. The van der Waals surface area contributed by atoms with E-state index in [-0.39, 0.29) is 65.7 Å². The van der Waals surface area contributed by atoms with Crippen LogP contribution in [0.3, 0.4) is 0 Å². The number of halogens is 6. The Morgan fingerprint density at radius 1 is 0.500 bits per heavy atom. The second-order valence-electron chi connectivity index (χ2n) is 13.0. The Kier molecular flexibility index (Phi) is 16.7. The van der Waals surface area contributed by atoms with Crippen LogP contribution in [0, 0.1) is 0 Å². The van der Waals surface area contributed by atoms with Crippen molar-refractivity contribution in [1.82, 2.24) is 0 Å². The van der Waals surface area contributed by atoms with Gasteiger partial charge >= 0.3 is 0 Å². The molecule has 0 heterocycles. The number of Topliss-reactive ketones (excluding diaryl/α,β-unsaturated/α-hetero) is 2. The first kappa shape index (κ1) is 47.3. The average molecular weight is 957 g/mol. The third-order valence-electron chi connectivity index (χ3n) is 8.65. The number of nitrogens with zero attached hydrogens (tertiary/aromatic N) is 4. The van der Waals surface area contributed by atoms with Crippen LogP contribution in [0.2, 0.25) is 20.1 Å². The number of alkyl halides is 2. The minimum absolute atomic E-state index is 0.0467. The Morgan fingerprint density at radius 3 is 1.23 bits per heavy atom. The van der Waals surface area contributed by atoms with Crippen LogP contribution in [-0.4, -0.2) is 47.3 Å². The summed E-state index contributed by atoms with van der Waals surface area (Å²) in [4.78, 5) is 77.8. The number of para-hydroxylation sites is 2. The van der Waals surface area contributed by atoms with Gasteiger partial charge in [0.25, 0.3) is 23.6 Å². The second kappa shape index (κ2) is 21.9. The maximum Gasteiger partial charge on any atom is 0.258 e. The van der Waals surface area contributed by atoms with Crippen LogP contribution < -0.4 is 21.3 Å². The molecule has 0 saturated heterocycles. The number of carbonyl (C=O) groups is 6. The van der Waals surface area contributed by atoms with Crippen molar-refractivity contribution in [3.63, 3.8) is 0 Å². The van der Waals surface area contributed by atoms with Crippen molar-refractivity contribution in [1.29, 1.82) is 0 Å². The molecule has 0 aromatic heterocycles. The Bertz CT molecular complexity index is 2460. The molecule has 4 N–H and O–H groups in total. The van der Waals surface area contributed by atoms with E-state index in [9.17, 15) is 28.8 Å². The van der Waals surface area contributed by atoms with Crippen LogP contribution in [0.15, 0.2) is 118 Å². The molecule has 0 radical (unpaired) electrons. The van der Waals surface area contributed by atoms with Gasteiger partial charge in [0.1, 0.15) is 0 Å². The van der Waals surface area contributed by atoms with Crippen molar-refractivity contribution in [3.8, 4) is 0 Å². The van der Waals surface area contributed by atoms with Crippen molar-refractivity contribution < 1.29 is 28.8 Å². The van der Waals surface area contributed by atoms with Gasteiger partial charge < -0.3 is 21.3 Å². The number of hydrogen-bond acceptors (Lipinski definition) is 10. The van der Waals surface area contributed by atoms with Gasteiger partial charge in [0, 0.05) is 23.1 Å². The number of anilines is 4. The lowest BCUT2D eigenvalue weighted by Gasteiger charge is -2.15. The number of ketones is 2. The van der Waals surface area contributed by atoms with Crippen molar-refractivity contribution in [2.75, 3.05) is 21.3 Å². The van der Waals surface area contributed by atoms with Gasteiger partial charge in [-0.1, -0.05) is 82.8 Å². The van der Waals surface area contributed by atoms with Gasteiger partial charge in [-0.3, -0.25) is 28.8 Å². The Hall–Kier alpha value is -5.74. The molecular formula is C42H32Cl6N8O6. The molecule has 4 amide bonds. The summed E-state index contributed by atoms with van der Waals surface area (Å²) < 4.78 is 0. The summed E-state index contributed by atoms with van der Waals surface area (Å²) in [6.45, 7) is 2.25. The molecule has 0 bridgehead atoms. The molecule has 318 valence electrons. The summed E-state index contributed by atoms with van der Waals surface area (Å²) >= 11 is 37.5. The SMILES string of the molecule is CC(=O)C(N=Nc1ccc(Cl)c(C(=O)Nc2ccccc2CCl)c1)C(=O)Nc1ccc(NC(=O)C(N=Nc2ccc(Cl)c(C(=O)Nc3ccccc3CCl)c2)C(C)=O)c(Cl)c1Cl. The third-order valence-corrected chi connectivity index (χ3v) is 10.8. The van der Waals surface area contributed by atoms with E-state index in [1.54, 1.807) is 48.5 Å². The number of azo groups is 2. The van der Waals surface area contributed by atoms with Crippen LogP contribution in [0.5, 0.6) is 0 Å². The fourth-order valence-electron chi connectivity index (χ4n) is 5.43. The third kappa shape index (κ3) is 12.0. The average Bonchev–Trinajstić information content (AvgIpc) is 3.24. The zero-order valence-electron chi connectivity index (χ0n) is 32.3. The highest BCUT2D eigenvalue weighted by molar-refractivity contribution is 6.46. The molecule has 14 nitrogen and oxygen atoms in total. The molecule has 2 atom stereocenters. The lowest BCUT2D eigenvalue weighted by molar-refractivity contribution is -0.127. The molecule has 0 fully saturated rings. The van der Waals surface area contributed by atoms with E-state index < -0.39 is 47.3 Å². The first-order chi connectivity index (χ1) is 29.6. The molecule has 0 spiro atoms. The summed E-state index contributed by atoms with van der Waals surface area (Å²) in [7, 11) is 0. The van der Waals surface area contributed by atoms with Gasteiger partial charge in [0.15, 0.2) is 11.6 Å². The predicted molar refractivity (Wildman–Crippen MR) is 242 cm³/mol. The minimum Gasteiger partial charge on any atom is -0.322 e. The standard InChI is InChI=1S/C42H32Cl6N8O6/c1-21(57)37(55-53-25-11-13-29(45)27(17-25)39(59)49-31-9-5-3-7-23(31)19-43)41(61)51-33-15-16-34(36(48)35(33)47)52-42(62)38(22(2)58)56-54-26-12-14-30(46)28(18-26)40(60)50-32-10-6-4-8-24(32)20-44/h3-18,37-38H,19-20H2,1-2H3,(H,49,59)(H,50,60)(H,51,61)(H,52,62). The highest BCUT2D eigenvalue weighted by Gasteiger charge is 2.27. The van der Waals surface area contributed by atoms with E-state index in [1.807, 2.05) is 0 Å². The van der Waals surface area contributed by atoms with E-state index in [0.717, 1.165) is 13.8 Å². The van der Waals surface area contributed by atoms with Crippen LogP contribution >= 0.6 is 69.6 Å². The molecule has 0 aliphatic heterocycles. The highest BCUT2D eigenvalue weighted by Crippen LogP contribution is 2.37. The number of rotatable bonds is 16. The molecule has 5 aromatic carbocycles. The number of carbonyl (C=O) groups excluding carboxylic acids is 6. The van der Waals surface area contributed by atoms with Crippen molar-refractivity contribution in [2.45, 2.75) is 37.7 Å². The first-order valence-electron chi connectivity index (χ1n) is 18.0. The normalized spacial score (nSPS) is 12.1. The van der Waals surface area contributed by atoms with Crippen molar-refractivity contribution in [2.24, 2.45) is 20.5 Å². The van der Waals surface area contributed by atoms with Crippen molar-refractivity contribution >= 4 is 139 Å². The summed E-state index contributed by atoms with van der Waals surface area (Å²) in [5.41, 5.74) is 2.55. The molecule has 2 unspecified atom stereocenters. The highest BCUT2D eigenvalue weighted by atomic mass is 35.5. The van der Waals surface area contributed by atoms with Crippen LogP contribution in [-0.2, 0) is 30.9 Å². The number of amides is 4. The van der Waals surface area contributed by atoms with E-state index in [0.29, 0.717) is 22.5 Å². The molecule has 5 rings (SSSR count). The minimum atomic E-state index is -1.66. The lowest BCUT2D eigenvalue weighted by atomic mass is 10.1. The number of hydrogen-bond donors (Lipinski definition) is 4. The van der Waals surface area contributed by atoms with Crippen LogP contribution in [0.4, 0.5) is 34.1 Å². The Morgan fingerprint density at radius 2 is 0.871 bits per heavy atom. The van der Waals surface area contributed by atoms with Gasteiger partial charge in [0.2, 0.25) is 12.1 Å². The topological polar surface area (TPSA) is 200 Å². The van der Waals surface area contributed by atoms with Crippen LogP contribution in [0.1, 0.15) is 45.7 Å². The molecule has 0 saturated carbocycles. The summed E-state index contributed by atoms with van der Waals surface area (Å²) in [6, 6.07) is 21.5. The summed E-state index contributed by atoms with van der Waals surface area (Å²) in [5.74, 6) is -4.02. The van der Waals surface area contributed by atoms with Crippen LogP contribution in [0.25, 0.3) is 0 Å². The van der Waals surface area contributed by atoms with Gasteiger partial charge in [0.05, 0.1) is 54.0 Å². The maximum atomic E-state index is 13.3. The number of benzene rings is 5. The van der Waals surface area contributed by atoms with Crippen molar-refractivity contribution in [3.05, 3.63) is 139 Å². The Balaban J connectivity index is 1.26.